The van der Waals surface area contributed by atoms with Gasteiger partial charge in [0, 0.05) is 30.6 Å². The molecule has 0 spiro atoms. The molecule has 0 saturated carbocycles. The molecule has 3 aromatic rings. The predicted molar refractivity (Wildman–Crippen MR) is 141 cm³/mol. The van der Waals surface area contributed by atoms with Gasteiger partial charge >= 0.3 is 0 Å². The molecule has 1 atom stereocenters. The molecule has 1 unspecified atom stereocenters. The van der Waals surface area contributed by atoms with Gasteiger partial charge in [-0.15, -0.1) is 11.3 Å². The Labute approximate surface area is 212 Å². The van der Waals surface area contributed by atoms with Crippen molar-refractivity contribution in [1.82, 2.24) is 9.80 Å². The van der Waals surface area contributed by atoms with Crippen LogP contribution in [0.15, 0.2) is 66.0 Å². The van der Waals surface area contributed by atoms with E-state index in [9.17, 15) is 9.59 Å². The Hall–Kier alpha value is -2.96. The first-order valence-electron chi connectivity index (χ1n) is 12.4. The molecule has 0 aliphatic carbocycles. The SMILES string of the molecule is CCCCc1ccc(C(=O)N(CCOC)CC(=O)N2CCc3sccc3C2c2ccccc2)cc1. The van der Waals surface area contributed by atoms with E-state index in [-0.39, 0.29) is 24.4 Å². The third-order valence-corrected chi connectivity index (χ3v) is 7.60. The monoisotopic (exact) mass is 490 g/mol. The fourth-order valence-corrected chi connectivity index (χ4v) is 5.57. The van der Waals surface area contributed by atoms with Crippen molar-refractivity contribution in [3.8, 4) is 0 Å². The van der Waals surface area contributed by atoms with E-state index in [0.29, 0.717) is 25.3 Å². The smallest absolute Gasteiger partial charge is 0.254 e. The lowest BCUT2D eigenvalue weighted by molar-refractivity contribution is -0.134. The van der Waals surface area contributed by atoms with Crippen LogP contribution in [0.5, 0.6) is 0 Å². The van der Waals surface area contributed by atoms with Crippen LogP contribution in [0, 0.1) is 0 Å². The van der Waals surface area contributed by atoms with Gasteiger partial charge in [-0.1, -0.05) is 55.8 Å². The van der Waals surface area contributed by atoms with Crippen LogP contribution in [-0.2, 0) is 22.4 Å². The minimum absolute atomic E-state index is 0.0303. The van der Waals surface area contributed by atoms with Crippen molar-refractivity contribution in [2.24, 2.45) is 0 Å². The van der Waals surface area contributed by atoms with Gasteiger partial charge in [-0.25, -0.2) is 0 Å². The zero-order chi connectivity index (χ0) is 24.6. The Morgan fingerprint density at radius 3 is 2.57 bits per heavy atom. The average Bonchev–Trinajstić information content (AvgIpc) is 3.38. The first kappa shape index (κ1) is 25.1. The number of rotatable bonds is 10. The van der Waals surface area contributed by atoms with E-state index in [1.165, 1.54) is 16.0 Å². The van der Waals surface area contributed by atoms with Crippen LogP contribution in [0.4, 0.5) is 0 Å². The highest BCUT2D eigenvalue weighted by atomic mass is 32.1. The quantitative estimate of drug-likeness (QED) is 0.385. The number of fused-ring (bicyclic) bond motifs is 1. The first-order chi connectivity index (χ1) is 17.1. The summed E-state index contributed by atoms with van der Waals surface area (Å²) in [4.78, 5) is 32.0. The Bertz CT molecular complexity index is 1110. The fourth-order valence-electron chi connectivity index (χ4n) is 4.67. The van der Waals surface area contributed by atoms with Gasteiger partial charge in [0.2, 0.25) is 5.91 Å². The van der Waals surface area contributed by atoms with Gasteiger partial charge in [0.1, 0.15) is 6.54 Å². The number of unbranched alkanes of at least 4 members (excludes halogenated alkanes) is 1. The minimum atomic E-state index is -0.137. The maximum atomic E-state index is 13.7. The molecule has 1 aromatic heterocycles. The van der Waals surface area contributed by atoms with Crippen LogP contribution in [0.1, 0.15) is 57.7 Å². The lowest BCUT2D eigenvalue weighted by Gasteiger charge is -2.37. The summed E-state index contributed by atoms with van der Waals surface area (Å²) in [6.07, 6.45) is 4.12. The highest BCUT2D eigenvalue weighted by Gasteiger charge is 2.34. The molecule has 2 amide bonds. The molecule has 5 nitrogen and oxygen atoms in total. The number of hydrogen-bond donors (Lipinski definition) is 0. The second-order valence-corrected chi connectivity index (χ2v) is 9.97. The molecule has 0 saturated heterocycles. The number of ether oxygens (including phenoxy) is 1. The van der Waals surface area contributed by atoms with Gasteiger partial charge in [-0.2, -0.15) is 0 Å². The maximum Gasteiger partial charge on any atom is 0.254 e. The number of nitrogens with zero attached hydrogens (tertiary/aromatic N) is 2. The normalized spacial score (nSPS) is 15.0. The molecule has 35 heavy (non-hydrogen) atoms. The summed E-state index contributed by atoms with van der Waals surface area (Å²) in [5, 5.41) is 2.10. The van der Waals surface area contributed by atoms with Gasteiger partial charge in [-0.05, 0) is 59.5 Å². The largest absolute Gasteiger partial charge is 0.383 e. The topological polar surface area (TPSA) is 49.9 Å². The maximum absolute atomic E-state index is 13.7. The number of hydrogen-bond acceptors (Lipinski definition) is 4. The van der Waals surface area contributed by atoms with Crippen molar-refractivity contribution in [3.63, 3.8) is 0 Å². The fraction of sp³-hybridized carbons (Fsp3) is 0.379. The molecule has 4 rings (SSSR count). The first-order valence-corrected chi connectivity index (χ1v) is 13.3. The van der Waals surface area contributed by atoms with Gasteiger partial charge < -0.3 is 14.5 Å². The van der Waals surface area contributed by atoms with E-state index >= 15 is 0 Å². The zero-order valence-corrected chi connectivity index (χ0v) is 21.4. The Morgan fingerprint density at radius 1 is 1.09 bits per heavy atom. The molecule has 0 bridgehead atoms. The summed E-state index contributed by atoms with van der Waals surface area (Å²) in [5.41, 5.74) is 4.12. The molecule has 0 fully saturated rings. The second kappa shape index (κ2) is 12.1. The average molecular weight is 491 g/mol. The number of benzene rings is 2. The third kappa shape index (κ3) is 6.00. The molecule has 1 aliphatic heterocycles. The Morgan fingerprint density at radius 2 is 1.86 bits per heavy atom. The van der Waals surface area contributed by atoms with Crippen LogP contribution in [-0.4, -0.2) is 55.0 Å². The number of thiophene rings is 1. The van der Waals surface area contributed by atoms with Crippen molar-refractivity contribution in [1.29, 1.82) is 0 Å². The van der Waals surface area contributed by atoms with Crippen LogP contribution in [0.3, 0.4) is 0 Å². The van der Waals surface area contributed by atoms with Crippen LogP contribution < -0.4 is 0 Å². The molecule has 0 radical (unpaired) electrons. The summed E-state index contributed by atoms with van der Waals surface area (Å²) in [5.74, 6) is -0.179. The number of amides is 2. The van der Waals surface area contributed by atoms with E-state index < -0.39 is 0 Å². The Kier molecular flexibility index (Phi) is 8.72. The summed E-state index contributed by atoms with van der Waals surface area (Å²) >= 11 is 1.75. The van der Waals surface area contributed by atoms with Crippen LogP contribution >= 0.6 is 11.3 Å². The highest BCUT2D eigenvalue weighted by molar-refractivity contribution is 7.10. The van der Waals surface area contributed by atoms with E-state index in [1.807, 2.05) is 47.4 Å². The molecule has 1 aliphatic rings. The summed E-state index contributed by atoms with van der Waals surface area (Å²) in [7, 11) is 1.61. The van der Waals surface area contributed by atoms with E-state index in [2.05, 4.69) is 30.5 Å². The lowest BCUT2D eigenvalue weighted by Crippen LogP contribution is -2.47. The van der Waals surface area contributed by atoms with Gasteiger partial charge in [0.05, 0.1) is 12.6 Å². The van der Waals surface area contributed by atoms with Crippen molar-refractivity contribution in [3.05, 3.63) is 93.2 Å². The van der Waals surface area contributed by atoms with Crippen molar-refractivity contribution in [2.45, 2.75) is 38.6 Å². The van der Waals surface area contributed by atoms with E-state index in [0.717, 1.165) is 31.2 Å². The molecule has 0 N–H and O–H groups in total. The zero-order valence-electron chi connectivity index (χ0n) is 20.6. The second-order valence-electron chi connectivity index (χ2n) is 8.97. The van der Waals surface area contributed by atoms with Gasteiger partial charge in [-0.3, -0.25) is 9.59 Å². The molecular weight excluding hydrogens is 456 g/mol. The van der Waals surface area contributed by atoms with Gasteiger partial charge in [0.25, 0.3) is 5.91 Å². The number of carbonyl (C=O) groups excluding carboxylic acids is 2. The summed E-state index contributed by atoms with van der Waals surface area (Å²) < 4.78 is 5.26. The number of carbonyl (C=O) groups is 2. The van der Waals surface area contributed by atoms with Gasteiger partial charge in [0.15, 0.2) is 0 Å². The standard InChI is InChI=1S/C29H34N2O3S/c1-3-4-8-22-11-13-24(14-12-22)29(33)30(18-19-34-2)21-27(32)31-17-15-26-25(16-20-35-26)28(31)23-9-6-5-7-10-23/h5-7,9-14,16,20,28H,3-4,8,15,17-19,21H2,1-2H3. The van der Waals surface area contributed by atoms with Crippen molar-refractivity contribution < 1.29 is 14.3 Å². The van der Waals surface area contributed by atoms with Crippen LogP contribution in [0.2, 0.25) is 0 Å². The third-order valence-electron chi connectivity index (χ3n) is 6.60. The van der Waals surface area contributed by atoms with Crippen molar-refractivity contribution in [2.75, 3.05) is 33.4 Å². The molecular formula is C29H34N2O3S. The number of aryl methyl sites for hydroxylation is 1. The van der Waals surface area contributed by atoms with E-state index in [4.69, 9.17) is 4.74 Å². The summed E-state index contributed by atoms with van der Waals surface area (Å²) in [6.45, 7) is 3.59. The molecule has 2 aromatic carbocycles. The minimum Gasteiger partial charge on any atom is -0.383 e. The lowest BCUT2D eigenvalue weighted by atomic mass is 9.93. The summed E-state index contributed by atoms with van der Waals surface area (Å²) in [6, 6.07) is 20.0. The van der Waals surface area contributed by atoms with Crippen molar-refractivity contribution >= 4 is 23.2 Å². The van der Waals surface area contributed by atoms with Crippen LogP contribution in [0.25, 0.3) is 0 Å². The van der Waals surface area contributed by atoms with E-state index in [1.54, 1.807) is 23.3 Å². The molecule has 6 heteroatoms. The predicted octanol–water partition coefficient (Wildman–Crippen LogP) is 5.35. The molecule has 2 heterocycles. The number of methoxy groups -OCH3 is 1. The highest BCUT2D eigenvalue weighted by Crippen LogP contribution is 2.37. The Balaban J connectivity index is 1.54. The molecule has 184 valence electrons.